The molecule has 0 aliphatic carbocycles. The highest BCUT2D eigenvalue weighted by atomic mass is 79.9. The van der Waals surface area contributed by atoms with E-state index in [-0.39, 0.29) is 6.10 Å². The summed E-state index contributed by atoms with van der Waals surface area (Å²) in [5, 5.41) is 10.2. The molecule has 1 atom stereocenters. The molecule has 0 aliphatic heterocycles. The van der Waals surface area contributed by atoms with Gasteiger partial charge in [0.25, 0.3) is 0 Å². The molecule has 0 aliphatic rings. The highest BCUT2D eigenvalue weighted by Gasteiger charge is 2.09. The normalized spacial score (nSPS) is 12.4. The Morgan fingerprint density at radius 1 is 1.00 bits per heavy atom. The monoisotopic (exact) mass is 318 g/mol. The van der Waals surface area contributed by atoms with Crippen LogP contribution in [0.3, 0.4) is 0 Å². The lowest BCUT2D eigenvalue weighted by atomic mass is 9.97. The van der Waals surface area contributed by atoms with E-state index in [9.17, 15) is 5.11 Å². The highest BCUT2D eigenvalue weighted by Crippen LogP contribution is 2.16. The molecule has 19 heavy (non-hydrogen) atoms. The number of rotatable bonds is 4. The smallest absolute Gasteiger partial charge is 0.0620 e. The van der Waals surface area contributed by atoms with E-state index in [4.69, 9.17) is 0 Å². The zero-order chi connectivity index (χ0) is 13.8. The summed E-state index contributed by atoms with van der Waals surface area (Å²) < 4.78 is 1.07. The van der Waals surface area contributed by atoms with Gasteiger partial charge in [-0.25, -0.2) is 0 Å². The fourth-order valence-electron chi connectivity index (χ4n) is 2.24. The third-order valence-corrected chi connectivity index (χ3v) is 3.87. The predicted molar refractivity (Wildman–Crippen MR) is 83.5 cm³/mol. The average molecular weight is 319 g/mol. The van der Waals surface area contributed by atoms with Crippen LogP contribution in [0.4, 0.5) is 0 Å². The van der Waals surface area contributed by atoms with Gasteiger partial charge in [-0.2, -0.15) is 0 Å². The molecule has 2 aromatic rings. The fraction of sp³-hybridized carbons (Fsp3) is 0.294. The highest BCUT2D eigenvalue weighted by molar-refractivity contribution is 9.10. The Labute approximate surface area is 123 Å². The van der Waals surface area contributed by atoms with Crippen molar-refractivity contribution < 1.29 is 5.11 Å². The minimum atomic E-state index is -0.332. The lowest BCUT2D eigenvalue weighted by molar-refractivity contribution is 0.175. The molecule has 0 amide bonds. The summed E-state index contributed by atoms with van der Waals surface area (Å²) in [5.41, 5.74) is 4.91. The predicted octanol–water partition coefficient (Wildman–Crippen LogP) is 4.21. The van der Waals surface area contributed by atoms with Gasteiger partial charge >= 0.3 is 0 Å². The first-order valence-corrected chi connectivity index (χ1v) is 7.32. The zero-order valence-corrected chi connectivity index (χ0v) is 12.9. The number of halogens is 1. The topological polar surface area (TPSA) is 20.2 Å². The van der Waals surface area contributed by atoms with Gasteiger partial charge in [-0.3, -0.25) is 0 Å². The number of aliphatic hydroxyl groups is 1. The third-order valence-electron chi connectivity index (χ3n) is 3.34. The Morgan fingerprint density at radius 2 is 1.68 bits per heavy atom. The van der Waals surface area contributed by atoms with Gasteiger partial charge in [0, 0.05) is 4.47 Å². The van der Waals surface area contributed by atoms with Crippen molar-refractivity contribution in [2.45, 2.75) is 32.8 Å². The molecule has 1 N–H and O–H groups in total. The minimum absolute atomic E-state index is 0.332. The molecule has 100 valence electrons. The van der Waals surface area contributed by atoms with Crippen molar-refractivity contribution in [1.82, 2.24) is 0 Å². The van der Waals surface area contributed by atoms with Crippen molar-refractivity contribution in [3.8, 4) is 0 Å². The van der Waals surface area contributed by atoms with E-state index in [1.807, 2.05) is 12.1 Å². The van der Waals surface area contributed by atoms with Gasteiger partial charge in [-0.05, 0) is 55.5 Å². The number of hydrogen-bond acceptors (Lipinski definition) is 1. The van der Waals surface area contributed by atoms with Gasteiger partial charge in [0.05, 0.1) is 6.10 Å². The Kier molecular flexibility index (Phi) is 4.78. The first-order valence-electron chi connectivity index (χ1n) is 6.53. The van der Waals surface area contributed by atoms with Crippen LogP contribution in [0.5, 0.6) is 0 Å². The van der Waals surface area contributed by atoms with E-state index in [1.54, 1.807) is 0 Å². The van der Waals surface area contributed by atoms with Crippen LogP contribution in [0.1, 0.15) is 22.3 Å². The molecule has 2 rings (SSSR count). The van der Waals surface area contributed by atoms with E-state index >= 15 is 0 Å². The molecule has 0 fully saturated rings. The summed E-state index contributed by atoms with van der Waals surface area (Å²) in [7, 11) is 0. The van der Waals surface area contributed by atoms with Crippen molar-refractivity contribution >= 4 is 15.9 Å². The summed E-state index contributed by atoms with van der Waals surface area (Å²) in [4.78, 5) is 0. The van der Waals surface area contributed by atoms with Crippen LogP contribution in [0.25, 0.3) is 0 Å². The summed E-state index contributed by atoms with van der Waals surface area (Å²) >= 11 is 3.42. The van der Waals surface area contributed by atoms with Gasteiger partial charge < -0.3 is 5.11 Å². The van der Waals surface area contributed by atoms with Crippen LogP contribution in [-0.2, 0) is 12.8 Å². The van der Waals surface area contributed by atoms with E-state index in [0.29, 0.717) is 12.8 Å². The van der Waals surface area contributed by atoms with Gasteiger partial charge in [0.2, 0.25) is 0 Å². The molecule has 0 aromatic heterocycles. The molecule has 0 radical (unpaired) electrons. The minimum Gasteiger partial charge on any atom is -0.392 e. The lowest BCUT2D eigenvalue weighted by Gasteiger charge is -2.13. The molecule has 0 heterocycles. The first-order chi connectivity index (χ1) is 9.04. The Balaban J connectivity index is 2.02. The maximum absolute atomic E-state index is 10.2. The van der Waals surface area contributed by atoms with Gasteiger partial charge in [0.15, 0.2) is 0 Å². The van der Waals surface area contributed by atoms with E-state index in [2.05, 4.69) is 60.1 Å². The molecule has 0 bridgehead atoms. The van der Waals surface area contributed by atoms with Gasteiger partial charge in [-0.1, -0.05) is 51.8 Å². The lowest BCUT2D eigenvalue weighted by Crippen LogP contribution is -2.14. The van der Waals surface area contributed by atoms with Crippen LogP contribution in [0.15, 0.2) is 46.9 Å². The van der Waals surface area contributed by atoms with E-state index < -0.39 is 0 Å². The third kappa shape index (κ3) is 4.19. The molecule has 1 unspecified atom stereocenters. The maximum atomic E-state index is 10.2. The quantitative estimate of drug-likeness (QED) is 0.895. The largest absolute Gasteiger partial charge is 0.392 e. The molecule has 0 saturated carbocycles. The second kappa shape index (κ2) is 6.36. The average Bonchev–Trinajstić information content (AvgIpc) is 2.37. The molecule has 2 heteroatoms. The fourth-order valence-corrected chi connectivity index (χ4v) is 2.50. The van der Waals surface area contributed by atoms with Crippen molar-refractivity contribution in [2.75, 3.05) is 0 Å². The van der Waals surface area contributed by atoms with Crippen molar-refractivity contribution in [3.05, 3.63) is 69.2 Å². The van der Waals surface area contributed by atoms with E-state index in [0.717, 1.165) is 4.47 Å². The SMILES string of the molecule is Cc1ccc(C)c(CC(O)Cc2ccc(Br)cc2)c1. The zero-order valence-electron chi connectivity index (χ0n) is 11.4. The van der Waals surface area contributed by atoms with E-state index in [1.165, 1.54) is 22.3 Å². The second-order valence-electron chi connectivity index (χ2n) is 5.12. The summed E-state index contributed by atoms with van der Waals surface area (Å²) in [6, 6.07) is 14.5. The van der Waals surface area contributed by atoms with Crippen LogP contribution in [0, 0.1) is 13.8 Å². The Morgan fingerprint density at radius 3 is 2.37 bits per heavy atom. The number of benzene rings is 2. The van der Waals surface area contributed by atoms with Crippen LogP contribution >= 0.6 is 15.9 Å². The standard InChI is InChI=1S/C17H19BrO/c1-12-3-4-13(2)15(9-12)11-17(19)10-14-5-7-16(18)8-6-14/h3-9,17,19H,10-11H2,1-2H3. The Hall–Kier alpha value is -1.12. The molecule has 0 saturated heterocycles. The van der Waals surface area contributed by atoms with Crippen LogP contribution in [-0.4, -0.2) is 11.2 Å². The number of aliphatic hydroxyl groups excluding tert-OH is 1. The second-order valence-corrected chi connectivity index (χ2v) is 6.03. The number of aryl methyl sites for hydroxylation is 2. The molecular weight excluding hydrogens is 300 g/mol. The van der Waals surface area contributed by atoms with Crippen LogP contribution in [0.2, 0.25) is 0 Å². The summed E-state index contributed by atoms with van der Waals surface area (Å²) in [6.07, 6.45) is 1.08. The molecular formula is C17H19BrO. The van der Waals surface area contributed by atoms with Gasteiger partial charge in [0.1, 0.15) is 0 Å². The molecule has 0 spiro atoms. The Bertz CT molecular complexity index is 546. The van der Waals surface area contributed by atoms with Crippen molar-refractivity contribution in [2.24, 2.45) is 0 Å². The summed E-state index contributed by atoms with van der Waals surface area (Å²) in [6.45, 7) is 4.19. The maximum Gasteiger partial charge on any atom is 0.0620 e. The number of hydrogen-bond donors (Lipinski definition) is 1. The summed E-state index contributed by atoms with van der Waals surface area (Å²) in [5.74, 6) is 0. The van der Waals surface area contributed by atoms with Crippen LogP contribution < -0.4 is 0 Å². The molecule has 2 aromatic carbocycles. The molecule has 1 nitrogen and oxygen atoms in total. The van der Waals surface area contributed by atoms with Gasteiger partial charge in [-0.15, -0.1) is 0 Å². The first kappa shape index (κ1) is 14.3. The van der Waals surface area contributed by atoms with Crippen molar-refractivity contribution in [1.29, 1.82) is 0 Å². The van der Waals surface area contributed by atoms with Crippen molar-refractivity contribution in [3.63, 3.8) is 0 Å².